The highest BCUT2D eigenvalue weighted by atomic mass is 32.2. The van der Waals surface area contributed by atoms with Crippen molar-refractivity contribution in [2.45, 2.75) is 17.9 Å². The van der Waals surface area contributed by atoms with Gasteiger partial charge in [-0.3, -0.25) is 4.79 Å². The van der Waals surface area contributed by atoms with Crippen LogP contribution in [0.5, 0.6) is 11.5 Å². The molecule has 1 amide bonds. The van der Waals surface area contributed by atoms with Crippen molar-refractivity contribution in [2.24, 2.45) is 0 Å². The van der Waals surface area contributed by atoms with Crippen molar-refractivity contribution in [3.63, 3.8) is 0 Å². The molecule has 0 radical (unpaired) electrons. The number of anilines is 1. The van der Waals surface area contributed by atoms with E-state index >= 15 is 0 Å². The number of nitrogens with one attached hydrogen (secondary N) is 1. The third kappa shape index (κ3) is 4.25. The van der Waals surface area contributed by atoms with E-state index in [1.807, 2.05) is 24.4 Å². The van der Waals surface area contributed by atoms with E-state index in [9.17, 15) is 4.79 Å². The minimum atomic E-state index is -0.282. The van der Waals surface area contributed by atoms with E-state index in [0.29, 0.717) is 47.9 Å². The molecular formula is C18H17N3O4S2. The summed E-state index contributed by atoms with van der Waals surface area (Å²) in [5.74, 6) is 2.78. The van der Waals surface area contributed by atoms with Crippen LogP contribution >= 0.6 is 23.1 Å². The average molecular weight is 403 g/mol. The lowest BCUT2D eigenvalue weighted by molar-refractivity contribution is -0.115. The first-order chi connectivity index (χ1) is 13.2. The SMILES string of the molecule is CC(SCc1nc(-c2cccs2)no1)C(=O)Nc1ccc2c(c1)OCCO2. The Morgan fingerprint density at radius 2 is 2.15 bits per heavy atom. The monoisotopic (exact) mass is 403 g/mol. The number of fused-ring (bicyclic) bond motifs is 1. The van der Waals surface area contributed by atoms with Gasteiger partial charge in [0.1, 0.15) is 13.2 Å². The number of thiophene rings is 1. The number of hydrogen-bond acceptors (Lipinski definition) is 8. The summed E-state index contributed by atoms with van der Waals surface area (Å²) in [7, 11) is 0. The molecule has 27 heavy (non-hydrogen) atoms. The van der Waals surface area contributed by atoms with Crippen LogP contribution in [0.1, 0.15) is 12.8 Å². The normalized spacial score (nSPS) is 14.0. The number of aromatic nitrogens is 2. The highest BCUT2D eigenvalue weighted by Gasteiger charge is 2.18. The molecule has 140 valence electrons. The maximum Gasteiger partial charge on any atom is 0.237 e. The molecule has 1 atom stereocenters. The van der Waals surface area contributed by atoms with Gasteiger partial charge in [-0.2, -0.15) is 4.98 Å². The molecule has 1 aliphatic heterocycles. The van der Waals surface area contributed by atoms with Crippen molar-refractivity contribution in [2.75, 3.05) is 18.5 Å². The summed E-state index contributed by atoms with van der Waals surface area (Å²) in [5, 5.41) is 8.55. The highest BCUT2D eigenvalue weighted by molar-refractivity contribution is 7.99. The summed E-state index contributed by atoms with van der Waals surface area (Å²) >= 11 is 2.99. The molecule has 0 bridgehead atoms. The van der Waals surface area contributed by atoms with Crippen molar-refractivity contribution in [1.82, 2.24) is 10.1 Å². The minimum Gasteiger partial charge on any atom is -0.486 e. The van der Waals surface area contributed by atoms with Crippen LogP contribution in [0.3, 0.4) is 0 Å². The lowest BCUT2D eigenvalue weighted by Crippen LogP contribution is -2.23. The molecule has 0 fully saturated rings. The first kappa shape index (κ1) is 17.9. The molecule has 1 N–H and O–H groups in total. The van der Waals surface area contributed by atoms with Crippen molar-refractivity contribution >= 4 is 34.7 Å². The number of benzene rings is 1. The number of thioether (sulfide) groups is 1. The largest absolute Gasteiger partial charge is 0.486 e. The molecule has 0 spiro atoms. The van der Waals surface area contributed by atoms with Crippen molar-refractivity contribution < 1.29 is 18.8 Å². The predicted molar refractivity (Wildman–Crippen MR) is 104 cm³/mol. The molecule has 0 saturated carbocycles. The van der Waals surface area contributed by atoms with Crippen LogP contribution in [0.4, 0.5) is 5.69 Å². The first-order valence-corrected chi connectivity index (χ1v) is 10.3. The van der Waals surface area contributed by atoms with Crippen LogP contribution in [-0.2, 0) is 10.5 Å². The quantitative estimate of drug-likeness (QED) is 0.669. The van der Waals surface area contributed by atoms with Gasteiger partial charge in [0.25, 0.3) is 0 Å². The lowest BCUT2D eigenvalue weighted by atomic mass is 10.2. The molecule has 7 nitrogen and oxygen atoms in total. The summed E-state index contributed by atoms with van der Waals surface area (Å²) in [6, 6.07) is 9.25. The molecular weight excluding hydrogens is 386 g/mol. The zero-order valence-corrected chi connectivity index (χ0v) is 16.1. The van der Waals surface area contributed by atoms with Crippen LogP contribution in [0.2, 0.25) is 0 Å². The van der Waals surface area contributed by atoms with Crippen molar-refractivity contribution in [1.29, 1.82) is 0 Å². The fraction of sp³-hybridized carbons (Fsp3) is 0.278. The second-order valence-corrected chi connectivity index (χ2v) is 8.07. The van der Waals surface area contributed by atoms with Gasteiger partial charge in [-0.25, -0.2) is 0 Å². The second-order valence-electron chi connectivity index (χ2n) is 5.79. The molecule has 1 aliphatic rings. The number of hydrogen-bond donors (Lipinski definition) is 1. The van der Waals surface area contributed by atoms with E-state index in [1.165, 1.54) is 11.8 Å². The smallest absolute Gasteiger partial charge is 0.237 e. The van der Waals surface area contributed by atoms with Crippen molar-refractivity contribution in [3.8, 4) is 22.2 Å². The van der Waals surface area contributed by atoms with Gasteiger partial charge < -0.3 is 19.3 Å². The van der Waals surface area contributed by atoms with E-state index < -0.39 is 0 Å². The third-order valence-corrected chi connectivity index (χ3v) is 5.84. The van der Waals surface area contributed by atoms with Gasteiger partial charge in [-0.1, -0.05) is 11.2 Å². The predicted octanol–water partition coefficient (Wildman–Crippen LogP) is 3.83. The number of rotatable bonds is 6. The molecule has 3 heterocycles. The summed E-state index contributed by atoms with van der Waals surface area (Å²) in [6.07, 6.45) is 0. The zero-order valence-electron chi connectivity index (χ0n) is 14.5. The Morgan fingerprint density at radius 3 is 2.96 bits per heavy atom. The number of ether oxygens (including phenoxy) is 2. The standard InChI is InChI=1S/C18H17N3O4S2/c1-11(27-10-16-20-17(21-25-16)15-3-2-8-26-15)18(22)19-12-4-5-13-14(9-12)24-7-6-23-13/h2-5,8-9,11H,6-7,10H2,1H3,(H,19,22). The molecule has 3 aromatic rings. The summed E-state index contributed by atoms with van der Waals surface area (Å²) in [4.78, 5) is 17.7. The van der Waals surface area contributed by atoms with Gasteiger partial charge in [0.2, 0.25) is 17.6 Å². The van der Waals surface area contributed by atoms with E-state index in [4.69, 9.17) is 14.0 Å². The number of amides is 1. The second kappa shape index (κ2) is 8.01. The maximum atomic E-state index is 12.4. The lowest BCUT2D eigenvalue weighted by Gasteiger charge is -2.19. The Morgan fingerprint density at radius 1 is 1.30 bits per heavy atom. The minimum absolute atomic E-state index is 0.102. The molecule has 1 unspecified atom stereocenters. The van der Waals surface area contributed by atoms with E-state index in [1.54, 1.807) is 29.5 Å². The first-order valence-electron chi connectivity index (χ1n) is 8.37. The fourth-order valence-electron chi connectivity index (χ4n) is 2.46. The van der Waals surface area contributed by atoms with Gasteiger partial charge >= 0.3 is 0 Å². The van der Waals surface area contributed by atoms with E-state index in [0.717, 1.165) is 4.88 Å². The van der Waals surface area contributed by atoms with Gasteiger partial charge in [0.15, 0.2) is 11.5 Å². The Hall–Kier alpha value is -2.52. The molecule has 2 aromatic heterocycles. The molecule has 4 rings (SSSR count). The van der Waals surface area contributed by atoms with Crippen LogP contribution < -0.4 is 14.8 Å². The highest BCUT2D eigenvalue weighted by Crippen LogP contribution is 2.33. The molecule has 9 heteroatoms. The molecule has 0 saturated heterocycles. The van der Waals surface area contributed by atoms with E-state index in [2.05, 4.69) is 15.5 Å². The molecule has 0 aliphatic carbocycles. The number of carbonyl (C=O) groups is 1. The van der Waals surface area contributed by atoms with Gasteiger partial charge in [0, 0.05) is 11.8 Å². The maximum absolute atomic E-state index is 12.4. The van der Waals surface area contributed by atoms with Crippen LogP contribution in [0.25, 0.3) is 10.7 Å². The van der Waals surface area contributed by atoms with Gasteiger partial charge in [0.05, 0.1) is 15.9 Å². The van der Waals surface area contributed by atoms with E-state index in [-0.39, 0.29) is 11.2 Å². The number of carbonyl (C=O) groups excluding carboxylic acids is 1. The van der Waals surface area contributed by atoms with Gasteiger partial charge in [-0.15, -0.1) is 23.1 Å². The summed E-state index contributed by atoms with van der Waals surface area (Å²) in [5.41, 5.74) is 0.675. The molecule has 1 aromatic carbocycles. The van der Waals surface area contributed by atoms with Crippen molar-refractivity contribution in [3.05, 3.63) is 41.6 Å². The van der Waals surface area contributed by atoms with Crippen LogP contribution in [-0.4, -0.2) is 34.5 Å². The number of nitrogens with zero attached hydrogens (tertiary/aromatic N) is 2. The summed E-state index contributed by atoms with van der Waals surface area (Å²) in [6.45, 7) is 2.89. The third-order valence-electron chi connectivity index (χ3n) is 3.85. The van der Waals surface area contributed by atoms with Gasteiger partial charge in [-0.05, 0) is 30.5 Å². The Bertz CT molecular complexity index is 927. The zero-order chi connectivity index (χ0) is 18.6. The Labute approximate surface area is 164 Å². The fourth-order valence-corrected chi connectivity index (χ4v) is 3.83. The van der Waals surface area contributed by atoms with Crippen LogP contribution in [0.15, 0.2) is 40.2 Å². The average Bonchev–Trinajstić information content (AvgIpc) is 3.37. The Kier molecular flexibility index (Phi) is 5.30. The topological polar surface area (TPSA) is 86.5 Å². The Balaban J connectivity index is 1.32. The van der Waals surface area contributed by atoms with Crippen LogP contribution in [0, 0.1) is 0 Å². The summed E-state index contributed by atoms with van der Waals surface area (Å²) < 4.78 is 16.3.